The highest BCUT2D eigenvalue weighted by Gasteiger charge is 2.44. The number of nitrogens with one attached hydrogen (secondary N) is 17. The van der Waals surface area contributed by atoms with Gasteiger partial charge in [-0.05, 0) is 94.4 Å². The predicted molar refractivity (Wildman–Crippen MR) is 406 cm³/mol. The summed E-state index contributed by atoms with van der Waals surface area (Å²) in [5, 5.41) is 84.1. The minimum atomic E-state index is -1.88. The summed E-state index contributed by atoms with van der Waals surface area (Å²) in [6.45, 7) is 0.298. The molecule has 2 aliphatic rings. The Morgan fingerprint density at radius 2 is 1.16 bits per heavy atom. The first-order valence-electron chi connectivity index (χ1n) is 37.4. The van der Waals surface area contributed by atoms with Gasteiger partial charge in [-0.25, -0.2) is 0 Å². The Hall–Kier alpha value is -11.4. The normalized spacial score (nSPS) is 20.5. The Balaban J connectivity index is 1.47. The van der Waals surface area contributed by atoms with Gasteiger partial charge < -0.3 is 123 Å². The molecule has 28 N–H and O–H groups in total. The molecule has 112 heavy (non-hydrogen) atoms. The number of aliphatic hydroxyl groups is 3. The largest absolute Gasteiger partial charge is 0.394 e. The number of aliphatic hydroxyl groups excluding tert-OH is 3. The second kappa shape index (κ2) is 47.6. The number of hydrogen-bond donors (Lipinski definition) is 24. The van der Waals surface area contributed by atoms with E-state index in [1.54, 1.807) is 55.6 Å². The summed E-state index contributed by atoms with van der Waals surface area (Å²) in [6, 6.07) is -1.63. The number of benzene rings is 2. The first-order chi connectivity index (χ1) is 53.4. The van der Waals surface area contributed by atoms with Crippen molar-refractivity contribution in [2.24, 2.45) is 22.9 Å². The van der Waals surface area contributed by atoms with E-state index in [4.69, 9.17) is 33.8 Å². The maximum atomic E-state index is 15.3. The highest BCUT2D eigenvalue weighted by Crippen LogP contribution is 2.23. The van der Waals surface area contributed by atoms with Crippen LogP contribution < -0.4 is 97.4 Å². The van der Waals surface area contributed by atoms with Crippen LogP contribution in [0.25, 0.3) is 10.9 Å². The number of Topliss-reactive ketones (excluding diaryl/α,β-unsaturated/α-hetero) is 1. The maximum absolute atomic E-state index is 15.3. The van der Waals surface area contributed by atoms with E-state index in [0.29, 0.717) is 36.9 Å². The number of guanidine groups is 2. The number of para-hydroxylation sites is 1. The molecule has 2 fully saturated rings. The number of ketones is 1. The van der Waals surface area contributed by atoms with Crippen molar-refractivity contribution in [2.75, 3.05) is 52.5 Å². The predicted octanol–water partition coefficient (Wildman–Crippen LogP) is -6.75. The summed E-state index contributed by atoms with van der Waals surface area (Å²) >= 11 is 0. The lowest BCUT2D eigenvalue weighted by Crippen LogP contribution is -2.61. The molecule has 40 nitrogen and oxygen atoms in total. The van der Waals surface area contributed by atoms with Gasteiger partial charge in [0.15, 0.2) is 11.9 Å². The molecule has 3 aromatic rings. The number of aromatic nitrogens is 1. The van der Waals surface area contributed by atoms with Crippen LogP contribution in [-0.4, -0.2) is 251 Å². The van der Waals surface area contributed by atoms with Crippen LogP contribution in [0.4, 0.5) is 0 Å². The Morgan fingerprint density at radius 1 is 0.598 bits per heavy atom. The number of amides is 14. The highest BCUT2D eigenvalue weighted by atomic mass is 16.3. The third-order valence-corrected chi connectivity index (χ3v) is 18.6. The smallest absolute Gasteiger partial charge is 0.245 e. The van der Waals surface area contributed by atoms with E-state index in [2.05, 4.69) is 79.4 Å². The lowest BCUT2D eigenvalue weighted by molar-refractivity contribution is -0.143. The van der Waals surface area contributed by atoms with Crippen molar-refractivity contribution in [3.63, 3.8) is 0 Å². The van der Waals surface area contributed by atoms with Gasteiger partial charge in [-0.2, -0.15) is 0 Å². The van der Waals surface area contributed by atoms with Gasteiger partial charge in [0.2, 0.25) is 82.7 Å². The standard InChI is InChI=1S/C72H110N22O18/c1-3-4-18-48(88-68(110)56(39-96)93-63(105)49(21-11-13-29-80-71(75)76)86-64(106)51(25-26-58(73)100)89-67(109)55(38-95)84-59(101)36-82-40(2)97)61(103)90-52-24-23-43(98)27-31-79-28-12-10-20-47(60(74)102)85-66(108)54(33-42-35-83-46-19-9-8-17-45(42)46)91-62(104)50(22-14-30-81-72(77)78)87-65(107)53(32-41-15-6-5-7-16-41)92-69(111)57-34-44(99)37-94(57)70(52)112/h5-9,15-17,19,35,44,47-57,79,83,95-96,99H,3-4,10-14,18,20-34,36-39H2,1-2H3,(H2,73,100)(H2,74,102)(H,82,97)(H,84,101)(H,85,108)(H,86,106)(H,87,107)(H,88,110)(H,89,109)(H,90,103)(H,91,104)(H,92,111)(H,93,105)(H4,75,76,80)(H4,77,78,81)/t44-,47+,48+,49+,50+,51+,52+,53-,54+,55+,56+,57+/m1/s1. The maximum Gasteiger partial charge on any atom is 0.245 e. The zero-order chi connectivity index (χ0) is 82.4. The van der Waals surface area contributed by atoms with Crippen LogP contribution in [0.3, 0.4) is 0 Å². The van der Waals surface area contributed by atoms with Gasteiger partial charge >= 0.3 is 0 Å². The number of H-pyrrole nitrogens is 1. The SMILES string of the molecule is CCCC[C@H](NC(=O)[C@H](CO)NC(=O)[C@H](CCCCNC(=N)N)NC(=O)[C@H](CCC(N)=O)NC(=O)[C@H](CO)NC(=O)CNC(C)=O)C(=O)N[C@H]1CCC(=O)CCNCCCC[C@@H](C(N)=O)NC(=O)[C@H](Cc2c[nH]c3ccccc23)NC(=O)[C@H](CCCNC(=N)N)NC(=O)[C@@H](Cc2ccccc2)NC(=O)[C@@H]2C[C@@H](O)CN2C1=O. The lowest BCUT2D eigenvalue weighted by Gasteiger charge is -2.31. The monoisotopic (exact) mass is 1570 g/mol. The molecule has 12 atom stereocenters. The molecular weight excluding hydrogens is 1460 g/mol. The van der Waals surface area contributed by atoms with Gasteiger partial charge in [-0.15, -0.1) is 0 Å². The van der Waals surface area contributed by atoms with Crippen molar-refractivity contribution in [2.45, 2.75) is 208 Å². The van der Waals surface area contributed by atoms with Gasteiger partial charge in [-0.1, -0.05) is 68.3 Å². The third kappa shape index (κ3) is 31.5. The number of fused-ring (bicyclic) bond motifs is 2. The summed E-state index contributed by atoms with van der Waals surface area (Å²) in [5.41, 5.74) is 24.1. The first-order valence-corrected chi connectivity index (χ1v) is 37.4. The molecule has 0 radical (unpaired) electrons. The number of carbonyl (C=O) groups is 15. The zero-order valence-corrected chi connectivity index (χ0v) is 63.0. The number of nitrogens with two attached hydrogens (primary N) is 4. The van der Waals surface area contributed by atoms with Crippen LogP contribution in [0.1, 0.15) is 134 Å². The molecule has 40 heteroatoms. The van der Waals surface area contributed by atoms with Gasteiger partial charge in [0.05, 0.1) is 25.9 Å². The number of hydrogen-bond acceptors (Lipinski definition) is 21. The van der Waals surface area contributed by atoms with E-state index >= 15 is 4.79 Å². The summed E-state index contributed by atoms with van der Waals surface area (Å²) < 4.78 is 0. The zero-order valence-electron chi connectivity index (χ0n) is 63.0. The molecule has 0 unspecified atom stereocenters. The van der Waals surface area contributed by atoms with Crippen LogP contribution in [-0.2, 0) is 84.8 Å². The number of carbonyl (C=O) groups excluding carboxylic acids is 15. The van der Waals surface area contributed by atoms with Crippen molar-refractivity contribution >= 4 is 111 Å². The minimum absolute atomic E-state index is 0.0510. The van der Waals surface area contributed by atoms with Gasteiger partial charge in [0.25, 0.3) is 0 Å². The Labute approximate surface area is 647 Å². The fraction of sp³-hybridized carbons (Fsp3) is 0.569. The molecule has 0 aliphatic carbocycles. The van der Waals surface area contributed by atoms with Crippen molar-refractivity contribution in [1.82, 2.24) is 84.3 Å². The summed E-state index contributed by atoms with van der Waals surface area (Å²) in [4.78, 5) is 212. The Morgan fingerprint density at radius 3 is 1.79 bits per heavy atom. The number of aromatic amines is 1. The number of primary amides is 2. The molecule has 3 heterocycles. The molecule has 2 aliphatic heterocycles. The van der Waals surface area contributed by atoms with Crippen LogP contribution in [0.15, 0.2) is 60.8 Å². The summed E-state index contributed by atoms with van der Waals surface area (Å²) in [6.07, 6.45) is -0.833. The van der Waals surface area contributed by atoms with Crippen LogP contribution >= 0.6 is 0 Å². The van der Waals surface area contributed by atoms with Gasteiger partial charge in [0, 0.05) is 88.7 Å². The van der Waals surface area contributed by atoms with E-state index < -0.39 is 213 Å². The second-order valence-electron chi connectivity index (χ2n) is 27.5. The molecule has 2 aromatic carbocycles. The molecule has 616 valence electrons. The minimum Gasteiger partial charge on any atom is -0.394 e. The van der Waals surface area contributed by atoms with Crippen molar-refractivity contribution < 1.29 is 87.2 Å². The molecule has 0 saturated carbocycles. The molecule has 1 aromatic heterocycles. The fourth-order valence-corrected chi connectivity index (χ4v) is 12.5. The van der Waals surface area contributed by atoms with E-state index in [1.807, 2.05) is 12.1 Å². The van der Waals surface area contributed by atoms with Crippen LogP contribution in [0, 0.1) is 10.8 Å². The number of nitrogens with zero attached hydrogens (tertiary/aromatic N) is 1. The molecular formula is C72H110N22O18. The number of unbranched alkanes of at least 4 members (excludes halogenated alkanes) is 2. The average molecular weight is 1570 g/mol. The van der Waals surface area contributed by atoms with E-state index in [9.17, 15) is 82.4 Å². The molecule has 5 rings (SSSR count). The van der Waals surface area contributed by atoms with Crippen LogP contribution in [0.2, 0.25) is 0 Å². The Bertz CT molecular complexity index is 3750. The van der Waals surface area contributed by atoms with Crippen LogP contribution in [0.5, 0.6) is 0 Å². The van der Waals surface area contributed by atoms with Crippen molar-refractivity contribution in [1.29, 1.82) is 10.8 Å². The summed E-state index contributed by atoms with van der Waals surface area (Å²) in [7, 11) is 0. The molecule has 14 amide bonds. The quantitative estimate of drug-likeness (QED) is 0.0148. The molecule has 0 bridgehead atoms. The number of rotatable bonds is 35. The Kier molecular flexibility index (Phi) is 38.8. The average Bonchev–Trinajstić information content (AvgIpc) is 1.74. The summed E-state index contributed by atoms with van der Waals surface area (Å²) in [5.74, 6) is -14.4. The van der Waals surface area contributed by atoms with Crippen molar-refractivity contribution in [3.05, 3.63) is 71.9 Å². The second-order valence-corrected chi connectivity index (χ2v) is 27.5. The lowest BCUT2D eigenvalue weighted by atomic mass is 10.0. The molecule has 0 spiro atoms. The van der Waals surface area contributed by atoms with E-state index in [-0.39, 0.29) is 109 Å². The van der Waals surface area contributed by atoms with E-state index in [0.717, 1.165) is 22.7 Å². The fourth-order valence-electron chi connectivity index (χ4n) is 12.5. The molecule has 2 saturated heterocycles. The van der Waals surface area contributed by atoms with Crippen molar-refractivity contribution in [3.8, 4) is 0 Å². The highest BCUT2D eigenvalue weighted by molar-refractivity contribution is 6.00. The third-order valence-electron chi connectivity index (χ3n) is 18.6. The van der Waals surface area contributed by atoms with E-state index in [1.165, 1.54) is 0 Å². The van der Waals surface area contributed by atoms with Gasteiger partial charge in [-0.3, -0.25) is 82.7 Å². The van der Waals surface area contributed by atoms with Gasteiger partial charge in [0.1, 0.15) is 72.2 Å². The first kappa shape index (κ1) is 91.2. The topological polar surface area (TPSA) is 656 Å².